The van der Waals surface area contributed by atoms with Gasteiger partial charge >= 0.3 is 0 Å². The topological polar surface area (TPSA) is 29.1 Å². The molecule has 1 aromatic rings. The number of benzene rings is 1. The van der Waals surface area contributed by atoms with Crippen LogP contribution in [0.2, 0.25) is 0 Å². The van der Waals surface area contributed by atoms with Gasteiger partial charge in [0.05, 0.1) is 3.74 Å². The van der Waals surface area contributed by atoms with Gasteiger partial charge < -0.3 is 5.32 Å². The van der Waals surface area contributed by atoms with Gasteiger partial charge in [-0.05, 0) is 36.5 Å². The quantitative estimate of drug-likeness (QED) is 0.651. The molecule has 0 fully saturated rings. The molecule has 0 aliphatic heterocycles. The van der Waals surface area contributed by atoms with Crippen molar-refractivity contribution in [2.45, 2.75) is 3.74 Å². The standard InChI is InChI=1S/C12H16Br3NOS/c1-18(2,3)7-16-12(17)8-4-5-9(11(14)15)10(13)6-8/h4-6,11H,7H2,1-3H3,(H,16,17). The average Bonchev–Trinajstić information content (AvgIpc) is 2.24. The fourth-order valence-corrected chi connectivity index (χ4v) is 3.81. The molecule has 0 unspecified atom stereocenters. The maximum atomic E-state index is 12.0. The minimum Gasteiger partial charge on any atom is -0.344 e. The van der Waals surface area contributed by atoms with Crippen molar-refractivity contribution in [1.29, 1.82) is 0 Å². The van der Waals surface area contributed by atoms with Crippen LogP contribution in [-0.2, 0) is 0 Å². The van der Waals surface area contributed by atoms with Crippen molar-refractivity contribution in [3.05, 3.63) is 33.8 Å². The van der Waals surface area contributed by atoms with Gasteiger partial charge in [-0.25, -0.2) is 10.0 Å². The molecule has 0 aromatic heterocycles. The van der Waals surface area contributed by atoms with Gasteiger partial charge in [0.15, 0.2) is 0 Å². The number of nitrogens with one attached hydrogen (secondary N) is 1. The number of hydrogen-bond donors (Lipinski definition) is 1. The molecule has 0 radical (unpaired) electrons. The van der Waals surface area contributed by atoms with Crippen LogP contribution in [0.3, 0.4) is 0 Å². The van der Waals surface area contributed by atoms with E-state index in [1.165, 1.54) is 0 Å². The highest BCUT2D eigenvalue weighted by atomic mass is 79.9. The van der Waals surface area contributed by atoms with Crippen LogP contribution in [0, 0.1) is 0 Å². The molecule has 102 valence electrons. The number of carbonyl (C=O) groups excluding carboxylic acids is 1. The summed E-state index contributed by atoms with van der Waals surface area (Å²) >= 11 is 10.4. The van der Waals surface area contributed by atoms with Crippen molar-refractivity contribution in [2.75, 3.05) is 24.6 Å². The summed E-state index contributed by atoms with van der Waals surface area (Å²) in [5.41, 5.74) is 1.74. The van der Waals surface area contributed by atoms with Crippen molar-refractivity contribution >= 4 is 63.7 Å². The van der Waals surface area contributed by atoms with E-state index in [-0.39, 0.29) is 9.64 Å². The predicted octanol–water partition coefficient (Wildman–Crippen LogP) is 4.62. The van der Waals surface area contributed by atoms with Crippen LogP contribution >= 0.6 is 57.8 Å². The van der Waals surface area contributed by atoms with Crippen LogP contribution in [0.4, 0.5) is 0 Å². The van der Waals surface area contributed by atoms with E-state index in [4.69, 9.17) is 0 Å². The fraction of sp³-hybridized carbons (Fsp3) is 0.417. The predicted molar refractivity (Wildman–Crippen MR) is 92.4 cm³/mol. The zero-order chi connectivity index (χ0) is 13.9. The second-order valence-corrected chi connectivity index (χ2v) is 13.2. The lowest BCUT2D eigenvalue weighted by atomic mass is 10.1. The highest BCUT2D eigenvalue weighted by Gasteiger charge is 2.13. The third kappa shape index (κ3) is 5.23. The van der Waals surface area contributed by atoms with E-state index in [2.05, 4.69) is 71.9 Å². The Morgan fingerprint density at radius 2 is 1.94 bits per heavy atom. The Bertz CT molecular complexity index is 443. The first kappa shape index (κ1) is 16.5. The van der Waals surface area contributed by atoms with E-state index in [9.17, 15) is 4.79 Å². The fourth-order valence-electron chi connectivity index (χ4n) is 1.23. The molecule has 0 saturated carbocycles. The summed E-state index contributed by atoms with van der Waals surface area (Å²) in [5.74, 6) is 0.718. The molecule has 0 heterocycles. The number of rotatable bonds is 4. The van der Waals surface area contributed by atoms with Crippen molar-refractivity contribution in [2.24, 2.45) is 0 Å². The molecule has 0 atom stereocenters. The Morgan fingerprint density at radius 1 is 1.33 bits per heavy atom. The first-order valence-electron chi connectivity index (χ1n) is 5.22. The Kier molecular flexibility index (Phi) is 6.22. The second-order valence-electron chi connectivity index (χ2n) is 4.78. The summed E-state index contributed by atoms with van der Waals surface area (Å²) in [7, 11) is -0.718. The summed E-state index contributed by atoms with van der Waals surface area (Å²) in [5, 5.41) is 2.97. The SMILES string of the molecule is CS(C)(C)CNC(=O)c1ccc(C(Br)Br)c(Br)c1. The summed E-state index contributed by atoms with van der Waals surface area (Å²) < 4.78 is 0.993. The van der Waals surface area contributed by atoms with Crippen molar-refractivity contribution in [3.63, 3.8) is 0 Å². The van der Waals surface area contributed by atoms with Crippen LogP contribution in [-0.4, -0.2) is 30.6 Å². The Hall–Kier alpha value is 0.480. The largest absolute Gasteiger partial charge is 0.344 e. The molecule has 0 spiro atoms. The third-order valence-electron chi connectivity index (χ3n) is 2.16. The van der Waals surface area contributed by atoms with Gasteiger partial charge in [-0.3, -0.25) is 4.79 Å². The molecule has 1 amide bonds. The molecule has 0 aliphatic rings. The van der Waals surface area contributed by atoms with E-state index >= 15 is 0 Å². The van der Waals surface area contributed by atoms with Crippen LogP contribution in [0.25, 0.3) is 0 Å². The smallest absolute Gasteiger partial charge is 0.251 e. The minimum absolute atomic E-state index is 0.0228. The molecular weight excluding hydrogens is 446 g/mol. The lowest BCUT2D eigenvalue weighted by Gasteiger charge is -2.25. The second kappa shape index (κ2) is 6.77. The average molecular weight is 462 g/mol. The normalized spacial score (nSPS) is 12.6. The van der Waals surface area contributed by atoms with E-state index in [0.717, 1.165) is 15.9 Å². The van der Waals surface area contributed by atoms with E-state index < -0.39 is 10.0 Å². The maximum Gasteiger partial charge on any atom is 0.251 e. The molecular formula is C12H16Br3NOS. The molecule has 18 heavy (non-hydrogen) atoms. The van der Waals surface area contributed by atoms with Crippen LogP contribution in [0.5, 0.6) is 0 Å². The van der Waals surface area contributed by atoms with Gasteiger partial charge in [-0.15, -0.1) is 0 Å². The van der Waals surface area contributed by atoms with E-state index in [0.29, 0.717) is 5.56 Å². The lowest BCUT2D eigenvalue weighted by molar-refractivity contribution is 0.0960. The maximum absolute atomic E-state index is 12.0. The summed E-state index contributed by atoms with van der Waals surface area (Å²) in [6, 6.07) is 5.61. The highest BCUT2D eigenvalue weighted by molar-refractivity contribution is 9.24. The Balaban J connectivity index is 2.79. The summed E-state index contributed by atoms with van der Waals surface area (Å²) in [6.45, 7) is 0. The number of amides is 1. The van der Waals surface area contributed by atoms with Gasteiger partial charge in [-0.2, -0.15) is 0 Å². The molecule has 1 N–H and O–H groups in total. The minimum atomic E-state index is -0.718. The summed E-state index contributed by atoms with van der Waals surface area (Å²) in [4.78, 5) is 12.0. The van der Waals surface area contributed by atoms with Crippen LogP contribution in [0.15, 0.2) is 22.7 Å². The summed E-state index contributed by atoms with van der Waals surface area (Å²) in [6.07, 6.45) is 6.52. The Labute approximate surface area is 135 Å². The van der Waals surface area contributed by atoms with Gasteiger partial charge in [0, 0.05) is 15.9 Å². The molecule has 0 bridgehead atoms. The van der Waals surface area contributed by atoms with Gasteiger partial charge in [0.25, 0.3) is 5.91 Å². The molecule has 0 saturated heterocycles. The Morgan fingerprint density at radius 3 is 2.39 bits per heavy atom. The van der Waals surface area contributed by atoms with Crippen molar-refractivity contribution < 1.29 is 4.79 Å². The van der Waals surface area contributed by atoms with E-state index in [1.807, 2.05) is 18.2 Å². The number of alkyl halides is 2. The first-order chi connectivity index (χ1) is 8.20. The molecule has 2 nitrogen and oxygen atoms in total. The first-order valence-corrected chi connectivity index (χ1v) is 10.9. The molecule has 6 heteroatoms. The molecule has 1 rings (SSSR count). The zero-order valence-corrected chi connectivity index (χ0v) is 16.0. The van der Waals surface area contributed by atoms with Gasteiger partial charge in [0.2, 0.25) is 0 Å². The van der Waals surface area contributed by atoms with Crippen molar-refractivity contribution in [1.82, 2.24) is 5.32 Å². The monoisotopic (exact) mass is 459 g/mol. The molecule has 1 aromatic carbocycles. The molecule has 0 aliphatic carbocycles. The number of hydrogen-bond acceptors (Lipinski definition) is 1. The third-order valence-corrected chi connectivity index (χ3v) is 4.85. The number of carbonyl (C=O) groups is 1. The highest BCUT2D eigenvalue weighted by Crippen LogP contribution is 2.35. The van der Waals surface area contributed by atoms with Crippen LogP contribution in [0.1, 0.15) is 19.7 Å². The van der Waals surface area contributed by atoms with Crippen molar-refractivity contribution in [3.8, 4) is 0 Å². The lowest BCUT2D eigenvalue weighted by Crippen LogP contribution is -2.27. The van der Waals surface area contributed by atoms with Crippen LogP contribution < -0.4 is 5.32 Å². The van der Waals surface area contributed by atoms with Gasteiger partial charge in [-0.1, -0.05) is 53.9 Å². The van der Waals surface area contributed by atoms with E-state index in [1.54, 1.807) is 0 Å². The van der Waals surface area contributed by atoms with Gasteiger partial charge in [0.1, 0.15) is 0 Å². The zero-order valence-electron chi connectivity index (χ0n) is 10.5. The number of halogens is 3.